The molecule has 0 heterocycles. The molecule has 0 aromatic carbocycles. The second kappa shape index (κ2) is 5.47. The molecule has 3 N–H and O–H groups in total. The van der Waals surface area contributed by atoms with Crippen molar-refractivity contribution in [3.63, 3.8) is 0 Å². The molecule has 0 spiro atoms. The number of hydrogen-bond acceptors (Lipinski definition) is 3. The van der Waals surface area contributed by atoms with Gasteiger partial charge in [0.15, 0.2) is 0 Å². The minimum Gasteiger partial charge on any atom is -0.384 e. The number of ether oxygens (including phenoxy) is 1. The average Bonchev–Trinajstić information content (AvgIpc) is 2.67. The van der Waals surface area contributed by atoms with Gasteiger partial charge in [-0.3, -0.25) is 4.79 Å². The molecule has 0 saturated heterocycles. The molecule has 1 fully saturated rings. The van der Waals surface area contributed by atoms with E-state index < -0.39 is 0 Å². The number of rotatable bonds is 5. The van der Waals surface area contributed by atoms with Crippen molar-refractivity contribution in [2.75, 3.05) is 20.3 Å². The van der Waals surface area contributed by atoms with Gasteiger partial charge in [0.1, 0.15) is 0 Å². The van der Waals surface area contributed by atoms with Crippen LogP contribution in [0, 0.1) is 5.92 Å². The van der Waals surface area contributed by atoms with E-state index >= 15 is 0 Å². The Morgan fingerprint density at radius 1 is 1.53 bits per heavy atom. The largest absolute Gasteiger partial charge is 0.384 e. The smallest absolute Gasteiger partial charge is 0.225 e. The van der Waals surface area contributed by atoms with Crippen molar-refractivity contribution in [3.8, 4) is 0 Å². The van der Waals surface area contributed by atoms with E-state index in [0.717, 1.165) is 25.7 Å². The Morgan fingerprint density at radius 2 is 2.13 bits per heavy atom. The van der Waals surface area contributed by atoms with Crippen LogP contribution in [0.15, 0.2) is 0 Å². The molecule has 0 aromatic rings. The molecule has 0 bridgehead atoms. The minimum absolute atomic E-state index is 0.0594. The molecule has 1 saturated carbocycles. The number of nitrogens with one attached hydrogen (secondary N) is 1. The Kier molecular flexibility index (Phi) is 4.54. The van der Waals surface area contributed by atoms with Gasteiger partial charge in [-0.2, -0.15) is 0 Å². The van der Waals surface area contributed by atoms with Crippen molar-refractivity contribution in [2.45, 2.75) is 38.1 Å². The number of carbonyl (C=O) groups excluding carboxylic acids is 1. The molecular weight excluding hydrogens is 192 g/mol. The van der Waals surface area contributed by atoms with Crippen molar-refractivity contribution in [1.82, 2.24) is 5.32 Å². The summed E-state index contributed by atoms with van der Waals surface area (Å²) in [5.41, 5.74) is 5.61. The van der Waals surface area contributed by atoms with E-state index in [1.54, 1.807) is 7.11 Å². The fourth-order valence-corrected chi connectivity index (χ4v) is 2.14. The third-order valence-electron chi connectivity index (χ3n) is 3.20. The van der Waals surface area contributed by atoms with Gasteiger partial charge in [-0.1, -0.05) is 19.8 Å². The highest BCUT2D eigenvalue weighted by atomic mass is 16.5. The van der Waals surface area contributed by atoms with E-state index in [9.17, 15) is 4.79 Å². The minimum atomic E-state index is -0.140. The normalized spacial score (nSPS) is 21.3. The Bertz CT molecular complexity index is 213. The van der Waals surface area contributed by atoms with E-state index in [2.05, 4.69) is 5.32 Å². The topological polar surface area (TPSA) is 64.3 Å². The van der Waals surface area contributed by atoms with Crippen molar-refractivity contribution in [3.05, 3.63) is 0 Å². The molecule has 0 radical (unpaired) electrons. The summed E-state index contributed by atoms with van der Waals surface area (Å²) in [6.07, 6.45) is 4.34. The molecular formula is C11H22N2O2. The highest BCUT2D eigenvalue weighted by Crippen LogP contribution is 2.28. The fourth-order valence-electron chi connectivity index (χ4n) is 2.14. The molecule has 1 aliphatic rings. The first-order valence-corrected chi connectivity index (χ1v) is 5.64. The van der Waals surface area contributed by atoms with Crippen LogP contribution in [0.3, 0.4) is 0 Å². The molecule has 0 aliphatic heterocycles. The Hall–Kier alpha value is -0.610. The molecule has 1 unspecified atom stereocenters. The molecule has 1 atom stereocenters. The van der Waals surface area contributed by atoms with E-state index in [1.807, 2.05) is 6.92 Å². The first-order chi connectivity index (χ1) is 7.13. The van der Waals surface area contributed by atoms with Gasteiger partial charge < -0.3 is 15.8 Å². The Balaban J connectivity index is 2.48. The lowest BCUT2D eigenvalue weighted by Crippen LogP contribution is -2.53. The van der Waals surface area contributed by atoms with Gasteiger partial charge in [-0.15, -0.1) is 0 Å². The number of amides is 1. The second-order valence-electron chi connectivity index (χ2n) is 4.54. The molecule has 4 heteroatoms. The number of hydrogen-bond donors (Lipinski definition) is 2. The van der Waals surface area contributed by atoms with Gasteiger partial charge in [-0.05, 0) is 12.8 Å². The van der Waals surface area contributed by atoms with Crippen LogP contribution < -0.4 is 11.1 Å². The maximum absolute atomic E-state index is 11.8. The summed E-state index contributed by atoms with van der Waals surface area (Å²) in [5.74, 6) is -0.0387. The van der Waals surface area contributed by atoms with Crippen LogP contribution in [0.5, 0.6) is 0 Å². The monoisotopic (exact) mass is 214 g/mol. The summed E-state index contributed by atoms with van der Waals surface area (Å²) in [5, 5.41) is 3.08. The maximum Gasteiger partial charge on any atom is 0.225 e. The summed E-state index contributed by atoms with van der Waals surface area (Å²) in [6.45, 7) is 2.88. The average molecular weight is 214 g/mol. The van der Waals surface area contributed by atoms with Gasteiger partial charge in [-0.25, -0.2) is 0 Å². The van der Waals surface area contributed by atoms with Crippen molar-refractivity contribution >= 4 is 5.91 Å². The van der Waals surface area contributed by atoms with Gasteiger partial charge in [0, 0.05) is 13.7 Å². The molecule has 88 valence electrons. The van der Waals surface area contributed by atoms with E-state index in [0.29, 0.717) is 13.2 Å². The third-order valence-corrected chi connectivity index (χ3v) is 3.20. The van der Waals surface area contributed by atoms with E-state index in [-0.39, 0.29) is 17.4 Å². The number of nitrogens with two attached hydrogens (primary N) is 1. The lowest BCUT2D eigenvalue weighted by Gasteiger charge is -2.30. The van der Waals surface area contributed by atoms with Crippen molar-refractivity contribution < 1.29 is 9.53 Å². The van der Waals surface area contributed by atoms with Crippen LogP contribution in [0.2, 0.25) is 0 Å². The summed E-state index contributed by atoms with van der Waals surface area (Å²) < 4.78 is 4.96. The first kappa shape index (κ1) is 12.5. The molecule has 4 nitrogen and oxygen atoms in total. The highest BCUT2D eigenvalue weighted by molar-refractivity contribution is 5.79. The lowest BCUT2D eigenvalue weighted by molar-refractivity contribution is -0.127. The van der Waals surface area contributed by atoms with E-state index in [1.165, 1.54) is 0 Å². The first-order valence-electron chi connectivity index (χ1n) is 5.64. The van der Waals surface area contributed by atoms with Crippen LogP contribution >= 0.6 is 0 Å². The zero-order valence-electron chi connectivity index (χ0n) is 9.71. The maximum atomic E-state index is 11.8. The second-order valence-corrected chi connectivity index (χ2v) is 4.54. The number of methoxy groups -OCH3 is 1. The van der Waals surface area contributed by atoms with E-state index in [4.69, 9.17) is 10.5 Å². The summed E-state index contributed by atoms with van der Waals surface area (Å²) in [7, 11) is 1.61. The lowest BCUT2D eigenvalue weighted by atomic mass is 9.96. The summed E-state index contributed by atoms with van der Waals surface area (Å²) in [4.78, 5) is 11.8. The number of carbonyl (C=O) groups is 1. The van der Waals surface area contributed by atoms with Crippen LogP contribution in [-0.2, 0) is 9.53 Å². The predicted octanol–water partition coefficient (Wildman–Crippen LogP) is 0.657. The Labute approximate surface area is 91.5 Å². The van der Waals surface area contributed by atoms with Crippen LogP contribution in [0.4, 0.5) is 0 Å². The molecule has 1 aliphatic carbocycles. The summed E-state index contributed by atoms with van der Waals surface area (Å²) in [6, 6.07) is 0. The summed E-state index contributed by atoms with van der Waals surface area (Å²) >= 11 is 0. The Morgan fingerprint density at radius 3 is 2.60 bits per heavy atom. The van der Waals surface area contributed by atoms with Gasteiger partial charge in [0.05, 0.1) is 18.1 Å². The van der Waals surface area contributed by atoms with Crippen LogP contribution in [0.1, 0.15) is 32.6 Å². The van der Waals surface area contributed by atoms with Crippen molar-refractivity contribution in [1.29, 1.82) is 0 Å². The van der Waals surface area contributed by atoms with Gasteiger partial charge in [0.25, 0.3) is 0 Å². The predicted molar refractivity (Wildman–Crippen MR) is 59.4 cm³/mol. The zero-order valence-corrected chi connectivity index (χ0v) is 9.71. The van der Waals surface area contributed by atoms with Gasteiger partial charge in [0.2, 0.25) is 5.91 Å². The SMILES string of the molecule is COCC(C)C(=O)NC1(CN)CCCC1. The van der Waals surface area contributed by atoms with Gasteiger partial charge >= 0.3 is 0 Å². The molecule has 1 amide bonds. The quantitative estimate of drug-likeness (QED) is 0.706. The fraction of sp³-hybridized carbons (Fsp3) is 0.909. The van der Waals surface area contributed by atoms with Crippen LogP contribution in [-0.4, -0.2) is 31.7 Å². The third kappa shape index (κ3) is 3.18. The standard InChI is InChI=1S/C11H22N2O2/c1-9(7-15-2)10(14)13-11(8-12)5-3-4-6-11/h9H,3-8,12H2,1-2H3,(H,13,14). The van der Waals surface area contributed by atoms with Crippen LogP contribution in [0.25, 0.3) is 0 Å². The highest BCUT2D eigenvalue weighted by Gasteiger charge is 2.34. The molecule has 15 heavy (non-hydrogen) atoms. The van der Waals surface area contributed by atoms with Crippen molar-refractivity contribution in [2.24, 2.45) is 11.7 Å². The molecule has 0 aromatic heterocycles. The zero-order chi connectivity index (χ0) is 11.3. The molecule has 1 rings (SSSR count).